The molecule has 4 rings (SSSR count). The molecule has 1 unspecified atom stereocenters. The van der Waals surface area contributed by atoms with Crippen molar-refractivity contribution in [2.24, 2.45) is 0 Å². The Morgan fingerprint density at radius 1 is 1.14 bits per heavy atom. The molecular formula is C21H18BrN3O3. The molecule has 6 nitrogen and oxygen atoms in total. The molecule has 1 aliphatic rings. The summed E-state index contributed by atoms with van der Waals surface area (Å²) in [7, 11) is 0. The number of hydrogen-bond donors (Lipinski definition) is 2. The van der Waals surface area contributed by atoms with Crippen LogP contribution in [0.5, 0.6) is 0 Å². The third kappa shape index (κ3) is 3.99. The van der Waals surface area contributed by atoms with Gasteiger partial charge in [-0.05, 0) is 36.1 Å². The number of carbonyl (C=O) groups is 2. The molecule has 3 aromatic rings. The number of aromatic nitrogens is 1. The lowest BCUT2D eigenvalue weighted by atomic mass is 10.1. The normalized spacial score (nSPS) is 15.1. The Hall–Kier alpha value is -2.93. The molecule has 1 heterocycles. The molecule has 1 aromatic heterocycles. The van der Waals surface area contributed by atoms with E-state index in [1.807, 2.05) is 42.5 Å². The zero-order chi connectivity index (χ0) is 19.5. The minimum Gasteiger partial charge on any atom is -0.355 e. The summed E-state index contributed by atoms with van der Waals surface area (Å²) in [4.78, 5) is 24.5. The highest BCUT2D eigenvalue weighted by molar-refractivity contribution is 9.10. The highest BCUT2D eigenvalue weighted by Gasteiger charge is 2.24. The number of fused-ring (bicyclic) bond motifs is 1. The zero-order valence-corrected chi connectivity index (χ0v) is 16.5. The van der Waals surface area contributed by atoms with Crippen LogP contribution >= 0.6 is 15.9 Å². The summed E-state index contributed by atoms with van der Waals surface area (Å²) in [6, 6.07) is 17.0. The van der Waals surface area contributed by atoms with Crippen LogP contribution < -0.4 is 10.6 Å². The molecule has 0 saturated heterocycles. The fourth-order valence-corrected chi connectivity index (χ4v) is 3.76. The Kier molecular flexibility index (Phi) is 5.25. The van der Waals surface area contributed by atoms with Gasteiger partial charge in [0.15, 0.2) is 11.5 Å². The first-order valence-corrected chi connectivity index (χ1v) is 9.77. The number of benzene rings is 2. The Morgan fingerprint density at radius 2 is 1.96 bits per heavy atom. The van der Waals surface area contributed by atoms with Gasteiger partial charge in [-0.3, -0.25) is 9.59 Å². The van der Waals surface area contributed by atoms with E-state index in [1.165, 1.54) is 5.56 Å². The van der Waals surface area contributed by atoms with Crippen LogP contribution in [-0.2, 0) is 11.2 Å². The number of amides is 2. The number of nitrogens with one attached hydrogen (secondary N) is 2. The predicted molar refractivity (Wildman–Crippen MR) is 108 cm³/mol. The lowest BCUT2D eigenvalue weighted by Gasteiger charge is -2.14. The van der Waals surface area contributed by atoms with Crippen LogP contribution in [0.25, 0.3) is 11.3 Å². The summed E-state index contributed by atoms with van der Waals surface area (Å²) in [6.45, 7) is -0.116. The van der Waals surface area contributed by atoms with E-state index < -0.39 is 5.91 Å². The van der Waals surface area contributed by atoms with Crippen molar-refractivity contribution >= 4 is 27.7 Å². The molecule has 1 aliphatic carbocycles. The van der Waals surface area contributed by atoms with E-state index in [0.717, 1.165) is 28.4 Å². The third-order valence-corrected chi connectivity index (χ3v) is 5.22. The standard InChI is InChI=1S/C21H18BrN3O3/c22-15-7-8-16-14(10-15)6-9-17(16)24-20(26)12-23-21(27)18-11-19(28-25-18)13-4-2-1-3-5-13/h1-5,7-8,10-11,17H,6,9,12H2,(H,23,27)(H,24,26). The van der Waals surface area contributed by atoms with E-state index in [-0.39, 0.29) is 24.2 Å². The van der Waals surface area contributed by atoms with Gasteiger partial charge in [-0.2, -0.15) is 0 Å². The van der Waals surface area contributed by atoms with Crippen molar-refractivity contribution in [2.75, 3.05) is 6.54 Å². The maximum absolute atomic E-state index is 12.3. The second-order valence-electron chi connectivity index (χ2n) is 6.63. The molecule has 28 heavy (non-hydrogen) atoms. The highest BCUT2D eigenvalue weighted by atomic mass is 79.9. The monoisotopic (exact) mass is 439 g/mol. The number of carbonyl (C=O) groups excluding carboxylic acids is 2. The molecule has 0 fully saturated rings. The number of nitrogens with zero attached hydrogens (tertiary/aromatic N) is 1. The van der Waals surface area contributed by atoms with E-state index in [0.29, 0.717) is 5.76 Å². The lowest BCUT2D eigenvalue weighted by Crippen LogP contribution is -2.38. The van der Waals surface area contributed by atoms with Crippen molar-refractivity contribution in [1.82, 2.24) is 15.8 Å². The molecule has 2 aromatic carbocycles. The van der Waals surface area contributed by atoms with E-state index in [1.54, 1.807) is 6.07 Å². The summed E-state index contributed by atoms with van der Waals surface area (Å²) in [5, 5.41) is 9.36. The van der Waals surface area contributed by atoms with Crippen LogP contribution in [0.15, 0.2) is 63.6 Å². The Bertz CT molecular complexity index is 1020. The summed E-state index contributed by atoms with van der Waals surface area (Å²) < 4.78 is 6.25. The van der Waals surface area contributed by atoms with Gasteiger partial charge >= 0.3 is 0 Å². The average molecular weight is 440 g/mol. The molecule has 7 heteroatoms. The Morgan fingerprint density at radius 3 is 2.79 bits per heavy atom. The first kappa shape index (κ1) is 18.4. The van der Waals surface area contributed by atoms with Crippen molar-refractivity contribution in [3.8, 4) is 11.3 Å². The first-order chi connectivity index (χ1) is 13.6. The maximum atomic E-state index is 12.3. The third-order valence-electron chi connectivity index (χ3n) is 4.73. The van der Waals surface area contributed by atoms with Gasteiger partial charge < -0.3 is 15.2 Å². The first-order valence-electron chi connectivity index (χ1n) is 8.98. The quantitative estimate of drug-likeness (QED) is 0.635. The molecule has 0 aliphatic heterocycles. The van der Waals surface area contributed by atoms with E-state index >= 15 is 0 Å². The molecule has 2 amide bonds. The minimum absolute atomic E-state index is 0.0239. The Labute approximate surface area is 170 Å². The van der Waals surface area contributed by atoms with Gasteiger partial charge in [0.2, 0.25) is 5.91 Å². The van der Waals surface area contributed by atoms with Crippen molar-refractivity contribution in [3.05, 3.63) is 75.9 Å². The highest BCUT2D eigenvalue weighted by Crippen LogP contribution is 2.32. The number of rotatable bonds is 5. The smallest absolute Gasteiger partial charge is 0.273 e. The van der Waals surface area contributed by atoms with Gasteiger partial charge in [0.25, 0.3) is 5.91 Å². The lowest BCUT2D eigenvalue weighted by molar-refractivity contribution is -0.120. The van der Waals surface area contributed by atoms with Crippen LogP contribution in [0.4, 0.5) is 0 Å². The van der Waals surface area contributed by atoms with Gasteiger partial charge in [0.1, 0.15) is 0 Å². The number of aryl methyl sites for hydroxylation is 1. The zero-order valence-electron chi connectivity index (χ0n) is 14.9. The van der Waals surface area contributed by atoms with Crippen LogP contribution in [0, 0.1) is 0 Å². The summed E-state index contributed by atoms with van der Waals surface area (Å²) in [5.74, 6) is -0.179. The largest absolute Gasteiger partial charge is 0.355 e. The molecule has 1 atom stereocenters. The molecule has 2 N–H and O–H groups in total. The van der Waals surface area contributed by atoms with Crippen LogP contribution in [0.3, 0.4) is 0 Å². The molecule has 0 radical (unpaired) electrons. The second-order valence-corrected chi connectivity index (χ2v) is 7.54. The molecule has 0 saturated carbocycles. The fourth-order valence-electron chi connectivity index (χ4n) is 3.35. The SMILES string of the molecule is O=C(CNC(=O)c1cc(-c2ccccc2)on1)NC1CCc2cc(Br)ccc21. The van der Waals surface area contributed by atoms with Gasteiger partial charge in [-0.25, -0.2) is 0 Å². The van der Waals surface area contributed by atoms with Crippen molar-refractivity contribution in [1.29, 1.82) is 0 Å². The van der Waals surface area contributed by atoms with E-state index in [9.17, 15) is 9.59 Å². The summed E-state index contributed by atoms with van der Waals surface area (Å²) in [5.41, 5.74) is 3.34. The molecule has 0 bridgehead atoms. The maximum Gasteiger partial charge on any atom is 0.273 e. The fraction of sp³-hybridized carbons (Fsp3) is 0.190. The van der Waals surface area contributed by atoms with E-state index in [2.05, 4.69) is 37.8 Å². The average Bonchev–Trinajstić information content (AvgIpc) is 3.34. The van der Waals surface area contributed by atoms with Gasteiger partial charge in [-0.15, -0.1) is 0 Å². The summed E-state index contributed by atoms with van der Waals surface area (Å²) >= 11 is 3.47. The second kappa shape index (κ2) is 7.98. The number of hydrogen-bond acceptors (Lipinski definition) is 4. The van der Waals surface area contributed by atoms with Gasteiger partial charge in [-0.1, -0.05) is 57.5 Å². The van der Waals surface area contributed by atoms with Crippen LogP contribution in [0.1, 0.15) is 34.1 Å². The van der Waals surface area contributed by atoms with Crippen molar-refractivity contribution in [2.45, 2.75) is 18.9 Å². The topological polar surface area (TPSA) is 84.2 Å². The van der Waals surface area contributed by atoms with Gasteiger partial charge in [0.05, 0.1) is 12.6 Å². The van der Waals surface area contributed by atoms with Crippen LogP contribution in [0.2, 0.25) is 0 Å². The molecule has 142 valence electrons. The van der Waals surface area contributed by atoms with Crippen LogP contribution in [-0.4, -0.2) is 23.5 Å². The predicted octanol–water partition coefficient (Wildman–Crippen LogP) is 3.64. The van der Waals surface area contributed by atoms with E-state index in [4.69, 9.17) is 4.52 Å². The van der Waals surface area contributed by atoms with Crippen molar-refractivity contribution in [3.63, 3.8) is 0 Å². The summed E-state index contributed by atoms with van der Waals surface area (Å²) in [6.07, 6.45) is 1.78. The molecule has 0 spiro atoms. The van der Waals surface area contributed by atoms with Crippen molar-refractivity contribution < 1.29 is 14.1 Å². The number of halogens is 1. The Balaban J connectivity index is 1.32. The minimum atomic E-state index is -0.447. The van der Waals surface area contributed by atoms with Gasteiger partial charge in [0, 0.05) is 16.1 Å². The molecular weight excluding hydrogens is 422 g/mol.